The lowest BCUT2D eigenvalue weighted by atomic mass is 10.1. The van der Waals surface area contributed by atoms with Gasteiger partial charge in [-0.2, -0.15) is 0 Å². The number of nitrogens with one attached hydrogen (secondary N) is 1. The Labute approximate surface area is 117 Å². The largest absolute Gasteiger partial charge is 0.313 e. The van der Waals surface area contributed by atoms with Crippen LogP contribution < -0.4 is 5.32 Å². The van der Waals surface area contributed by atoms with E-state index in [2.05, 4.69) is 42.0 Å². The average Bonchev–Trinajstić information content (AvgIpc) is 2.90. The first-order chi connectivity index (χ1) is 9.16. The predicted octanol–water partition coefficient (Wildman–Crippen LogP) is 2.85. The van der Waals surface area contributed by atoms with Crippen LogP contribution in [-0.4, -0.2) is 35.6 Å². The van der Waals surface area contributed by atoms with Gasteiger partial charge in [-0.25, -0.2) is 0 Å². The van der Waals surface area contributed by atoms with Gasteiger partial charge in [-0.3, -0.25) is 9.88 Å². The molecular formula is C16H27N3. The highest BCUT2D eigenvalue weighted by Crippen LogP contribution is 2.22. The molecule has 1 saturated heterocycles. The predicted molar refractivity (Wildman–Crippen MR) is 80.1 cm³/mol. The Kier molecular flexibility index (Phi) is 5.34. The van der Waals surface area contributed by atoms with Crippen LogP contribution in [0.1, 0.15) is 45.2 Å². The van der Waals surface area contributed by atoms with Crippen molar-refractivity contribution in [3.8, 4) is 0 Å². The molecule has 0 amide bonds. The smallest absolute Gasteiger partial charge is 0.0335 e. The minimum absolute atomic E-state index is 0.443. The SMILES string of the molecule is CC(C)CN(CC1CCCN1)C(C)c1cccnc1. The third-order valence-electron chi connectivity index (χ3n) is 3.93. The molecule has 1 aliphatic rings. The molecule has 1 aromatic rings. The number of pyridine rings is 1. The zero-order valence-electron chi connectivity index (χ0n) is 12.5. The van der Waals surface area contributed by atoms with Crippen LogP contribution in [0.15, 0.2) is 24.5 Å². The van der Waals surface area contributed by atoms with E-state index in [1.807, 2.05) is 18.5 Å². The first-order valence-electron chi connectivity index (χ1n) is 7.54. The molecule has 3 nitrogen and oxygen atoms in total. The van der Waals surface area contributed by atoms with Crippen LogP contribution in [0.5, 0.6) is 0 Å². The highest BCUT2D eigenvalue weighted by molar-refractivity contribution is 5.13. The van der Waals surface area contributed by atoms with E-state index in [4.69, 9.17) is 0 Å². The zero-order chi connectivity index (χ0) is 13.7. The highest BCUT2D eigenvalue weighted by Gasteiger charge is 2.22. The summed E-state index contributed by atoms with van der Waals surface area (Å²) in [6, 6.07) is 5.33. The molecule has 2 atom stereocenters. The second-order valence-electron chi connectivity index (χ2n) is 6.10. The summed E-state index contributed by atoms with van der Waals surface area (Å²) in [6.07, 6.45) is 6.48. The molecule has 1 aliphatic heterocycles. The normalized spacial score (nSPS) is 21.2. The van der Waals surface area contributed by atoms with E-state index in [9.17, 15) is 0 Å². The van der Waals surface area contributed by atoms with Gasteiger partial charge in [-0.05, 0) is 43.9 Å². The van der Waals surface area contributed by atoms with Crippen LogP contribution in [0.3, 0.4) is 0 Å². The Balaban J connectivity index is 2.03. The summed E-state index contributed by atoms with van der Waals surface area (Å²) in [5.74, 6) is 0.695. The molecule has 2 rings (SSSR count). The molecule has 1 fully saturated rings. The van der Waals surface area contributed by atoms with E-state index in [1.165, 1.54) is 24.9 Å². The fourth-order valence-corrected chi connectivity index (χ4v) is 2.89. The summed E-state index contributed by atoms with van der Waals surface area (Å²) in [4.78, 5) is 6.86. The fourth-order valence-electron chi connectivity index (χ4n) is 2.89. The highest BCUT2D eigenvalue weighted by atomic mass is 15.2. The van der Waals surface area contributed by atoms with Crippen molar-refractivity contribution in [3.05, 3.63) is 30.1 Å². The van der Waals surface area contributed by atoms with Crippen LogP contribution in [0.2, 0.25) is 0 Å². The van der Waals surface area contributed by atoms with Gasteiger partial charge in [-0.1, -0.05) is 19.9 Å². The first-order valence-corrected chi connectivity index (χ1v) is 7.54. The van der Waals surface area contributed by atoms with Crippen LogP contribution in [0.25, 0.3) is 0 Å². The van der Waals surface area contributed by atoms with Crippen molar-refractivity contribution >= 4 is 0 Å². The summed E-state index contributed by atoms with van der Waals surface area (Å²) in [5.41, 5.74) is 1.32. The van der Waals surface area contributed by atoms with Gasteiger partial charge in [0.05, 0.1) is 0 Å². The van der Waals surface area contributed by atoms with Crippen molar-refractivity contribution in [1.29, 1.82) is 0 Å². The van der Waals surface area contributed by atoms with E-state index < -0.39 is 0 Å². The lowest BCUT2D eigenvalue weighted by molar-refractivity contribution is 0.171. The summed E-state index contributed by atoms with van der Waals surface area (Å²) in [5, 5.41) is 3.61. The lowest BCUT2D eigenvalue weighted by Gasteiger charge is -2.33. The van der Waals surface area contributed by atoms with Crippen LogP contribution >= 0.6 is 0 Å². The number of hydrogen-bond acceptors (Lipinski definition) is 3. The van der Waals surface area contributed by atoms with Crippen LogP contribution in [0.4, 0.5) is 0 Å². The van der Waals surface area contributed by atoms with Gasteiger partial charge in [-0.15, -0.1) is 0 Å². The Morgan fingerprint density at radius 3 is 2.84 bits per heavy atom. The quantitative estimate of drug-likeness (QED) is 0.853. The topological polar surface area (TPSA) is 28.2 Å². The summed E-state index contributed by atoms with van der Waals surface area (Å²) >= 11 is 0. The standard InChI is InChI=1S/C16H27N3/c1-13(2)11-19(12-16-7-5-9-18-16)14(3)15-6-4-8-17-10-15/h4,6,8,10,13-14,16,18H,5,7,9,11-12H2,1-3H3. The first kappa shape index (κ1) is 14.5. The molecule has 0 bridgehead atoms. The van der Waals surface area contributed by atoms with Gasteiger partial charge in [0.25, 0.3) is 0 Å². The van der Waals surface area contributed by atoms with Crippen molar-refractivity contribution in [3.63, 3.8) is 0 Å². The Morgan fingerprint density at radius 1 is 1.42 bits per heavy atom. The molecule has 106 valence electrons. The number of nitrogens with zero attached hydrogens (tertiary/aromatic N) is 2. The summed E-state index contributed by atoms with van der Waals surface area (Å²) < 4.78 is 0. The molecule has 0 spiro atoms. The lowest BCUT2D eigenvalue weighted by Crippen LogP contribution is -2.40. The molecule has 1 aromatic heterocycles. The van der Waals surface area contributed by atoms with Crippen molar-refractivity contribution < 1.29 is 0 Å². The van der Waals surface area contributed by atoms with Crippen molar-refractivity contribution in [1.82, 2.24) is 15.2 Å². The molecule has 0 saturated carbocycles. The van der Waals surface area contributed by atoms with E-state index in [0.29, 0.717) is 18.0 Å². The van der Waals surface area contributed by atoms with E-state index in [-0.39, 0.29) is 0 Å². The molecule has 0 aliphatic carbocycles. The number of rotatable bonds is 6. The van der Waals surface area contributed by atoms with Crippen molar-refractivity contribution in [2.75, 3.05) is 19.6 Å². The van der Waals surface area contributed by atoms with Gasteiger partial charge in [0.2, 0.25) is 0 Å². The van der Waals surface area contributed by atoms with Crippen molar-refractivity contribution in [2.45, 2.75) is 45.7 Å². The van der Waals surface area contributed by atoms with Crippen LogP contribution in [0, 0.1) is 5.92 Å². The number of hydrogen-bond donors (Lipinski definition) is 1. The molecular weight excluding hydrogens is 234 g/mol. The molecule has 19 heavy (non-hydrogen) atoms. The van der Waals surface area contributed by atoms with E-state index >= 15 is 0 Å². The summed E-state index contributed by atoms with van der Waals surface area (Å²) in [6.45, 7) is 10.4. The van der Waals surface area contributed by atoms with Gasteiger partial charge < -0.3 is 5.32 Å². The number of aromatic nitrogens is 1. The van der Waals surface area contributed by atoms with E-state index in [1.54, 1.807) is 0 Å². The minimum Gasteiger partial charge on any atom is -0.313 e. The molecule has 0 aromatic carbocycles. The molecule has 2 heterocycles. The molecule has 2 unspecified atom stereocenters. The van der Waals surface area contributed by atoms with Gasteiger partial charge in [0, 0.05) is 37.6 Å². The minimum atomic E-state index is 0.443. The molecule has 1 N–H and O–H groups in total. The molecule has 3 heteroatoms. The maximum absolute atomic E-state index is 4.26. The van der Waals surface area contributed by atoms with Gasteiger partial charge in [0.15, 0.2) is 0 Å². The van der Waals surface area contributed by atoms with E-state index in [0.717, 1.165) is 13.1 Å². The zero-order valence-corrected chi connectivity index (χ0v) is 12.5. The maximum Gasteiger partial charge on any atom is 0.0335 e. The fraction of sp³-hybridized carbons (Fsp3) is 0.688. The average molecular weight is 261 g/mol. The maximum atomic E-state index is 4.26. The van der Waals surface area contributed by atoms with Gasteiger partial charge in [0.1, 0.15) is 0 Å². The second kappa shape index (κ2) is 7.01. The monoisotopic (exact) mass is 261 g/mol. The Hall–Kier alpha value is -0.930. The second-order valence-corrected chi connectivity index (χ2v) is 6.10. The Morgan fingerprint density at radius 2 is 2.26 bits per heavy atom. The third-order valence-corrected chi connectivity index (χ3v) is 3.93. The van der Waals surface area contributed by atoms with Crippen LogP contribution in [-0.2, 0) is 0 Å². The third kappa shape index (κ3) is 4.29. The van der Waals surface area contributed by atoms with Gasteiger partial charge >= 0.3 is 0 Å². The Bertz CT molecular complexity index is 358. The summed E-state index contributed by atoms with van der Waals surface area (Å²) in [7, 11) is 0. The molecule has 0 radical (unpaired) electrons. The van der Waals surface area contributed by atoms with Crippen molar-refractivity contribution in [2.24, 2.45) is 5.92 Å².